The van der Waals surface area contributed by atoms with Gasteiger partial charge in [0.25, 0.3) is 5.91 Å². The molecule has 0 atom stereocenters. The van der Waals surface area contributed by atoms with E-state index in [1.54, 1.807) is 11.1 Å². The molecule has 0 saturated carbocycles. The fraction of sp³-hybridized carbons (Fsp3) is 0.300. The van der Waals surface area contributed by atoms with E-state index in [-0.39, 0.29) is 12.5 Å². The summed E-state index contributed by atoms with van der Waals surface area (Å²) in [5.74, 6) is 0.445. The standard InChI is InChI=1S/C20H22N2O2/c1-15(2)17-9-7-16(8-10-17)13-21-24-14-20(23)22-12-11-18-5-3-4-6-19(18)22/h3-10,13,15H,11-12,14H2,1-2H3/b21-13-. The van der Waals surface area contributed by atoms with Gasteiger partial charge in [0, 0.05) is 12.2 Å². The van der Waals surface area contributed by atoms with Crippen LogP contribution in [0, 0.1) is 0 Å². The molecule has 1 aliphatic heterocycles. The summed E-state index contributed by atoms with van der Waals surface area (Å²) in [5, 5.41) is 3.91. The van der Waals surface area contributed by atoms with Crippen molar-refractivity contribution in [1.82, 2.24) is 0 Å². The number of fused-ring (bicyclic) bond motifs is 1. The molecule has 1 amide bonds. The van der Waals surface area contributed by atoms with Gasteiger partial charge in [-0.2, -0.15) is 0 Å². The molecule has 1 aliphatic rings. The summed E-state index contributed by atoms with van der Waals surface area (Å²) < 4.78 is 0. The van der Waals surface area contributed by atoms with Crippen molar-refractivity contribution in [2.24, 2.45) is 5.16 Å². The van der Waals surface area contributed by atoms with Crippen LogP contribution in [-0.2, 0) is 16.1 Å². The maximum atomic E-state index is 12.3. The lowest BCUT2D eigenvalue weighted by atomic mass is 10.0. The Labute approximate surface area is 142 Å². The first kappa shape index (κ1) is 16.2. The molecule has 0 aliphatic carbocycles. The van der Waals surface area contributed by atoms with Crippen LogP contribution in [0.25, 0.3) is 0 Å². The van der Waals surface area contributed by atoms with Gasteiger partial charge in [0.2, 0.25) is 0 Å². The number of carbonyl (C=O) groups excluding carboxylic acids is 1. The molecule has 4 heteroatoms. The summed E-state index contributed by atoms with van der Waals surface area (Å²) in [6.45, 7) is 4.99. The number of hydrogen-bond acceptors (Lipinski definition) is 3. The van der Waals surface area contributed by atoms with Crippen LogP contribution >= 0.6 is 0 Å². The van der Waals surface area contributed by atoms with Crippen LogP contribution in [0.1, 0.15) is 36.5 Å². The largest absolute Gasteiger partial charge is 0.386 e. The van der Waals surface area contributed by atoms with Gasteiger partial charge in [0.1, 0.15) is 0 Å². The SMILES string of the molecule is CC(C)c1ccc(/C=N\OCC(=O)N2CCc3ccccc32)cc1. The number of carbonyl (C=O) groups is 1. The molecule has 3 rings (SSSR count). The molecule has 24 heavy (non-hydrogen) atoms. The van der Waals surface area contributed by atoms with Crippen molar-refractivity contribution in [1.29, 1.82) is 0 Å². The second-order valence-corrected chi connectivity index (χ2v) is 6.25. The van der Waals surface area contributed by atoms with Crippen LogP contribution < -0.4 is 4.90 Å². The molecule has 2 aromatic carbocycles. The molecule has 0 saturated heterocycles. The lowest BCUT2D eigenvalue weighted by Gasteiger charge is -2.16. The molecule has 0 bridgehead atoms. The zero-order valence-electron chi connectivity index (χ0n) is 14.1. The van der Waals surface area contributed by atoms with Gasteiger partial charge in [0.15, 0.2) is 6.61 Å². The highest BCUT2D eigenvalue weighted by Crippen LogP contribution is 2.27. The molecular weight excluding hydrogens is 300 g/mol. The van der Waals surface area contributed by atoms with Gasteiger partial charge >= 0.3 is 0 Å². The minimum atomic E-state index is -0.0627. The summed E-state index contributed by atoms with van der Waals surface area (Å²) in [4.78, 5) is 19.2. The highest BCUT2D eigenvalue weighted by Gasteiger charge is 2.24. The molecular formula is C20H22N2O2. The van der Waals surface area contributed by atoms with E-state index >= 15 is 0 Å². The number of anilines is 1. The van der Waals surface area contributed by atoms with E-state index in [2.05, 4.69) is 37.2 Å². The van der Waals surface area contributed by atoms with Gasteiger partial charge in [-0.25, -0.2) is 0 Å². The normalized spacial score (nSPS) is 13.5. The van der Waals surface area contributed by atoms with Crippen molar-refractivity contribution >= 4 is 17.8 Å². The van der Waals surface area contributed by atoms with Crippen molar-refractivity contribution < 1.29 is 9.63 Å². The quantitative estimate of drug-likeness (QED) is 0.621. The number of rotatable bonds is 5. The molecule has 2 aromatic rings. The van der Waals surface area contributed by atoms with Crippen LogP contribution in [0.3, 0.4) is 0 Å². The minimum absolute atomic E-state index is 0.0467. The lowest BCUT2D eigenvalue weighted by Crippen LogP contribution is -2.31. The van der Waals surface area contributed by atoms with Crippen molar-refractivity contribution in [2.75, 3.05) is 18.1 Å². The van der Waals surface area contributed by atoms with Gasteiger partial charge in [0.05, 0.1) is 6.21 Å². The van der Waals surface area contributed by atoms with Gasteiger partial charge in [-0.1, -0.05) is 61.5 Å². The molecule has 0 aromatic heterocycles. The second-order valence-electron chi connectivity index (χ2n) is 6.25. The molecule has 0 spiro atoms. The van der Waals surface area contributed by atoms with Crippen LogP contribution in [0.2, 0.25) is 0 Å². The zero-order chi connectivity index (χ0) is 16.9. The molecule has 0 fully saturated rings. The number of benzene rings is 2. The van der Waals surface area contributed by atoms with E-state index in [1.807, 2.05) is 30.3 Å². The van der Waals surface area contributed by atoms with Gasteiger partial charge in [-0.05, 0) is 35.1 Å². The van der Waals surface area contributed by atoms with Gasteiger partial charge < -0.3 is 9.74 Å². The maximum Gasteiger partial charge on any atom is 0.267 e. The Morgan fingerprint density at radius 2 is 1.96 bits per heavy atom. The number of hydrogen-bond donors (Lipinski definition) is 0. The summed E-state index contributed by atoms with van der Waals surface area (Å²) >= 11 is 0. The Morgan fingerprint density at radius 3 is 2.71 bits per heavy atom. The predicted molar refractivity (Wildman–Crippen MR) is 96.6 cm³/mol. The highest BCUT2D eigenvalue weighted by atomic mass is 16.6. The summed E-state index contributed by atoms with van der Waals surface area (Å²) in [7, 11) is 0. The van der Waals surface area contributed by atoms with Crippen molar-refractivity contribution in [3.05, 3.63) is 65.2 Å². The van der Waals surface area contributed by atoms with Crippen LogP contribution in [0.4, 0.5) is 5.69 Å². The average Bonchev–Trinajstić information content (AvgIpc) is 3.03. The van der Waals surface area contributed by atoms with Gasteiger partial charge in [-0.3, -0.25) is 4.79 Å². The molecule has 0 radical (unpaired) electrons. The van der Waals surface area contributed by atoms with E-state index in [1.165, 1.54) is 11.1 Å². The van der Waals surface area contributed by atoms with E-state index in [4.69, 9.17) is 4.84 Å². The summed E-state index contributed by atoms with van der Waals surface area (Å²) in [6.07, 6.45) is 2.53. The molecule has 4 nitrogen and oxygen atoms in total. The number of amides is 1. The molecule has 0 unspecified atom stereocenters. The monoisotopic (exact) mass is 322 g/mol. The first-order chi connectivity index (χ1) is 11.6. The Bertz CT molecular complexity index is 736. The predicted octanol–water partition coefficient (Wildman–Crippen LogP) is 3.75. The van der Waals surface area contributed by atoms with Crippen LogP contribution in [0.5, 0.6) is 0 Å². The van der Waals surface area contributed by atoms with Crippen LogP contribution in [0.15, 0.2) is 53.7 Å². The molecule has 1 heterocycles. The van der Waals surface area contributed by atoms with Crippen molar-refractivity contribution in [3.63, 3.8) is 0 Å². The van der Waals surface area contributed by atoms with E-state index in [9.17, 15) is 4.79 Å². The van der Waals surface area contributed by atoms with Crippen molar-refractivity contribution in [3.8, 4) is 0 Å². The van der Waals surface area contributed by atoms with Crippen LogP contribution in [-0.4, -0.2) is 25.3 Å². The second kappa shape index (κ2) is 7.30. The summed E-state index contributed by atoms with van der Waals surface area (Å²) in [6, 6.07) is 16.1. The Kier molecular flexibility index (Phi) is 4.94. The third kappa shape index (κ3) is 3.65. The van der Waals surface area contributed by atoms with E-state index < -0.39 is 0 Å². The Morgan fingerprint density at radius 1 is 1.21 bits per heavy atom. The third-order valence-corrected chi connectivity index (χ3v) is 4.26. The Hall–Kier alpha value is -2.62. The summed E-state index contributed by atoms with van der Waals surface area (Å²) in [5.41, 5.74) is 4.44. The smallest absolute Gasteiger partial charge is 0.267 e. The Balaban J connectivity index is 1.52. The molecule has 124 valence electrons. The zero-order valence-corrected chi connectivity index (χ0v) is 14.1. The highest BCUT2D eigenvalue weighted by molar-refractivity contribution is 5.96. The first-order valence-corrected chi connectivity index (χ1v) is 8.28. The minimum Gasteiger partial charge on any atom is -0.386 e. The fourth-order valence-electron chi connectivity index (χ4n) is 2.83. The van der Waals surface area contributed by atoms with E-state index in [0.29, 0.717) is 12.5 Å². The van der Waals surface area contributed by atoms with Crippen molar-refractivity contribution in [2.45, 2.75) is 26.2 Å². The average molecular weight is 322 g/mol. The first-order valence-electron chi connectivity index (χ1n) is 8.28. The van der Waals surface area contributed by atoms with Gasteiger partial charge in [-0.15, -0.1) is 0 Å². The van der Waals surface area contributed by atoms with E-state index in [0.717, 1.165) is 17.7 Å². The topological polar surface area (TPSA) is 41.9 Å². The number of oxime groups is 1. The lowest BCUT2D eigenvalue weighted by molar-refractivity contribution is -0.122. The number of para-hydroxylation sites is 1. The number of nitrogens with zero attached hydrogens (tertiary/aromatic N) is 2. The molecule has 0 N–H and O–H groups in total. The fourth-order valence-corrected chi connectivity index (χ4v) is 2.83. The third-order valence-electron chi connectivity index (χ3n) is 4.26. The maximum absolute atomic E-state index is 12.3.